The SMILES string of the molecule is CCCCCCCCCCCC(=O)O[C@H](COC(=O)CCCCCCCCCC)COP(=O)(O)OC[C@H](O)COP(=O)(O)OC[C@@H](COC(=O)CCCCCCCCCCCCCCCCCC(C)C)OC(=O)CCCCCCCCCCCCCCCCCCC(C)C. The number of hydrogen-bond acceptors (Lipinski definition) is 15. The Bertz CT molecular complexity index is 1820. The van der Waals surface area contributed by atoms with Gasteiger partial charge in [-0.2, -0.15) is 0 Å². The molecule has 3 N–H and O–H groups in total. The quantitative estimate of drug-likeness (QED) is 0.0222. The molecule has 17 nitrogen and oxygen atoms in total. The summed E-state index contributed by atoms with van der Waals surface area (Å²) in [5.41, 5.74) is 0. The maximum atomic E-state index is 13.1. The van der Waals surface area contributed by atoms with Gasteiger partial charge in [-0.15, -0.1) is 0 Å². The van der Waals surface area contributed by atoms with Gasteiger partial charge in [-0.05, 0) is 37.5 Å². The summed E-state index contributed by atoms with van der Waals surface area (Å²) in [4.78, 5) is 72.6. The third kappa shape index (κ3) is 68.6. The van der Waals surface area contributed by atoms with E-state index in [0.717, 1.165) is 108 Å². The molecule has 0 radical (unpaired) electrons. The zero-order valence-electron chi connectivity index (χ0n) is 61.3. The number of carbonyl (C=O) groups is 4. The zero-order chi connectivity index (χ0) is 69.3. The first-order valence-corrected chi connectivity index (χ1v) is 42.0. The number of phosphoric ester groups is 2. The van der Waals surface area contributed by atoms with E-state index in [9.17, 15) is 43.2 Å². The number of hydrogen-bond donors (Lipinski definition) is 3. The van der Waals surface area contributed by atoms with Crippen LogP contribution in [0.15, 0.2) is 0 Å². The van der Waals surface area contributed by atoms with Gasteiger partial charge in [0, 0.05) is 25.7 Å². The minimum atomic E-state index is -4.96. The minimum absolute atomic E-state index is 0.106. The van der Waals surface area contributed by atoms with Crippen molar-refractivity contribution >= 4 is 39.5 Å². The third-order valence-electron chi connectivity index (χ3n) is 17.5. The first-order valence-electron chi connectivity index (χ1n) is 39.0. The van der Waals surface area contributed by atoms with Crippen molar-refractivity contribution in [1.82, 2.24) is 0 Å². The molecule has 94 heavy (non-hydrogen) atoms. The summed E-state index contributed by atoms with van der Waals surface area (Å²) >= 11 is 0. The van der Waals surface area contributed by atoms with Gasteiger partial charge in [0.25, 0.3) is 0 Å². The van der Waals surface area contributed by atoms with Crippen molar-refractivity contribution in [2.75, 3.05) is 39.6 Å². The van der Waals surface area contributed by atoms with E-state index in [2.05, 4.69) is 41.5 Å². The van der Waals surface area contributed by atoms with Gasteiger partial charge in [0.1, 0.15) is 19.3 Å². The van der Waals surface area contributed by atoms with Crippen LogP contribution in [0.25, 0.3) is 0 Å². The Kier molecular flexibility index (Phi) is 65.5. The number of rotatable bonds is 74. The molecule has 558 valence electrons. The van der Waals surface area contributed by atoms with Gasteiger partial charge in [-0.25, -0.2) is 9.13 Å². The Morgan fingerprint density at radius 3 is 0.723 bits per heavy atom. The number of phosphoric acid groups is 2. The molecular formula is C75H146O17P2. The molecule has 0 spiro atoms. The molecule has 0 aliphatic rings. The molecule has 0 aliphatic heterocycles. The molecule has 19 heteroatoms. The number of unbranched alkanes of at least 4 members (excludes halogenated alkanes) is 44. The number of ether oxygens (including phenoxy) is 4. The summed E-state index contributed by atoms with van der Waals surface area (Å²) < 4.78 is 68.3. The summed E-state index contributed by atoms with van der Waals surface area (Å²) in [6.07, 6.45) is 54.2. The summed E-state index contributed by atoms with van der Waals surface area (Å²) in [6.45, 7) is 9.60. The van der Waals surface area contributed by atoms with Crippen LogP contribution in [0.4, 0.5) is 0 Å². The second-order valence-electron chi connectivity index (χ2n) is 28.0. The smallest absolute Gasteiger partial charge is 0.462 e. The Hall–Kier alpha value is -1.94. The Morgan fingerprint density at radius 2 is 0.489 bits per heavy atom. The van der Waals surface area contributed by atoms with Crippen molar-refractivity contribution in [2.24, 2.45) is 11.8 Å². The lowest BCUT2D eigenvalue weighted by atomic mass is 10.0. The van der Waals surface area contributed by atoms with Gasteiger partial charge in [0.15, 0.2) is 12.2 Å². The Morgan fingerprint density at radius 1 is 0.287 bits per heavy atom. The van der Waals surface area contributed by atoms with Crippen LogP contribution in [0, 0.1) is 11.8 Å². The molecule has 0 saturated heterocycles. The molecule has 0 aromatic carbocycles. The average Bonchev–Trinajstić information content (AvgIpc) is 2.46. The first-order chi connectivity index (χ1) is 45.4. The topological polar surface area (TPSA) is 237 Å². The van der Waals surface area contributed by atoms with E-state index in [1.165, 1.54) is 199 Å². The summed E-state index contributed by atoms with van der Waals surface area (Å²) in [5.74, 6) is -0.505. The van der Waals surface area contributed by atoms with Gasteiger partial charge < -0.3 is 33.8 Å². The number of carbonyl (C=O) groups excluding carboxylic acids is 4. The largest absolute Gasteiger partial charge is 0.472 e. The molecule has 0 saturated carbocycles. The third-order valence-corrected chi connectivity index (χ3v) is 19.4. The zero-order valence-corrected chi connectivity index (χ0v) is 63.1. The molecule has 0 fully saturated rings. The minimum Gasteiger partial charge on any atom is -0.462 e. The van der Waals surface area contributed by atoms with Gasteiger partial charge >= 0.3 is 39.5 Å². The fourth-order valence-corrected chi connectivity index (χ4v) is 13.1. The van der Waals surface area contributed by atoms with Crippen LogP contribution in [-0.4, -0.2) is 96.7 Å². The van der Waals surface area contributed by atoms with Crippen LogP contribution in [0.3, 0.4) is 0 Å². The van der Waals surface area contributed by atoms with Crippen LogP contribution < -0.4 is 0 Å². The number of aliphatic hydroxyl groups excluding tert-OH is 1. The van der Waals surface area contributed by atoms with E-state index in [0.29, 0.717) is 25.7 Å². The van der Waals surface area contributed by atoms with Crippen LogP contribution in [0.2, 0.25) is 0 Å². The highest BCUT2D eigenvalue weighted by atomic mass is 31.2. The van der Waals surface area contributed by atoms with Gasteiger partial charge in [-0.1, -0.05) is 337 Å². The van der Waals surface area contributed by atoms with Crippen LogP contribution in [0.5, 0.6) is 0 Å². The molecule has 0 rings (SSSR count). The van der Waals surface area contributed by atoms with Crippen molar-refractivity contribution in [3.8, 4) is 0 Å². The fraction of sp³-hybridized carbons (Fsp3) is 0.947. The molecule has 0 aromatic heterocycles. The monoisotopic (exact) mass is 1380 g/mol. The molecule has 0 aromatic rings. The van der Waals surface area contributed by atoms with Crippen molar-refractivity contribution in [3.63, 3.8) is 0 Å². The molecule has 0 bridgehead atoms. The molecule has 0 heterocycles. The van der Waals surface area contributed by atoms with E-state index in [1.807, 2.05) is 0 Å². The summed E-state index contributed by atoms with van der Waals surface area (Å²) in [7, 11) is -9.90. The molecule has 5 atom stereocenters. The molecular weight excluding hydrogens is 1230 g/mol. The maximum absolute atomic E-state index is 13.1. The van der Waals surface area contributed by atoms with Crippen LogP contribution >= 0.6 is 15.6 Å². The van der Waals surface area contributed by atoms with Gasteiger partial charge in [-0.3, -0.25) is 37.3 Å². The first kappa shape index (κ1) is 92.1. The maximum Gasteiger partial charge on any atom is 0.472 e. The normalized spacial score (nSPS) is 14.0. The van der Waals surface area contributed by atoms with E-state index in [4.69, 9.17) is 37.0 Å². The Labute approximate surface area is 575 Å². The second kappa shape index (κ2) is 66.9. The van der Waals surface area contributed by atoms with E-state index in [1.54, 1.807) is 0 Å². The average molecular weight is 1380 g/mol. The Balaban J connectivity index is 5.17. The number of aliphatic hydroxyl groups is 1. The lowest BCUT2D eigenvalue weighted by Crippen LogP contribution is -2.30. The molecule has 2 unspecified atom stereocenters. The van der Waals surface area contributed by atoms with Gasteiger partial charge in [0.05, 0.1) is 26.4 Å². The van der Waals surface area contributed by atoms with Crippen LogP contribution in [-0.2, 0) is 65.4 Å². The lowest BCUT2D eigenvalue weighted by molar-refractivity contribution is -0.161. The predicted octanol–water partition coefficient (Wildman–Crippen LogP) is 21.9. The van der Waals surface area contributed by atoms with Crippen molar-refractivity contribution in [3.05, 3.63) is 0 Å². The molecule has 0 aliphatic carbocycles. The predicted molar refractivity (Wildman–Crippen MR) is 381 cm³/mol. The van der Waals surface area contributed by atoms with E-state index >= 15 is 0 Å². The summed E-state index contributed by atoms with van der Waals surface area (Å²) in [5, 5.41) is 10.6. The van der Waals surface area contributed by atoms with Crippen molar-refractivity contribution in [2.45, 2.75) is 407 Å². The van der Waals surface area contributed by atoms with Crippen molar-refractivity contribution < 1.29 is 80.2 Å². The second-order valence-corrected chi connectivity index (χ2v) is 30.9. The standard InChI is InChI=1S/C75H146O17P2/c1-7-9-11-13-15-32-41-47-53-59-74(79)91-70(63-85-72(77)57-51-45-39-16-14-12-10-8-2)65-89-93(81,82)87-61-69(76)62-88-94(83,84)90-66-71(64-86-73(78)58-52-46-40-35-30-26-23-19-21-25-29-34-38-44-50-56-68(5)6)92-75(80)60-54-48-42-36-31-27-22-18-17-20-24-28-33-37-43-49-55-67(3)4/h67-71,76H,7-66H2,1-6H3,(H,81,82)(H,83,84)/t69-,70+,71+/m0/s1. The van der Waals surface area contributed by atoms with E-state index in [-0.39, 0.29) is 25.7 Å². The highest BCUT2D eigenvalue weighted by Crippen LogP contribution is 2.45. The van der Waals surface area contributed by atoms with Crippen LogP contribution in [0.1, 0.15) is 388 Å². The fourth-order valence-electron chi connectivity index (χ4n) is 11.5. The highest BCUT2D eigenvalue weighted by Gasteiger charge is 2.30. The lowest BCUT2D eigenvalue weighted by Gasteiger charge is -2.21. The van der Waals surface area contributed by atoms with Gasteiger partial charge in [0.2, 0.25) is 0 Å². The molecule has 0 amide bonds. The number of esters is 4. The van der Waals surface area contributed by atoms with E-state index < -0.39 is 97.5 Å². The highest BCUT2D eigenvalue weighted by molar-refractivity contribution is 7.47. The summed E-state index contributed by atoms with van der Waals surface area (Å²) in [6, 6.07) is 0. The van der Waals surface area contributed by atoms with Crippen molar-refractivity contribution in [1.29, 1.82) is 0 Å².